The molecular formula is C14H8Cl2FN3O. The molecule has 0 atom stereocenters. The molecule has 1 heterocycles. The van der Waals surface area contributed by atoms with Gasteiger partial charge in [-0.25, -0.2) is 4.39 Å². The Balaban J connectivity index is 2.07. The van der Waals surface area contributed by atoms with Gasteiger partial charge in [-0.1, -0.05) is 35.3 Å². The number of aromatic nitrogens is 1. The van der Waals surface area contributed by atoms with Crippen LogP contribution >= 0.6 is 23.2 Å². The number of hydrogen-bond acceptors (Lipinski definition) is 3. The van der Waals surface area contributed by atoms with Gasteiger partial charge in [-0.15, -0.1) is 5.11 Å². The zero-order valence-corrected chi connectivity index (χ0v) is 12.0. The van der Waals surface area contributed by atoms with Crippen LogP contribution in [0.3, 0.4) is 0 Å². The quantitative estimate of drug-likeness (QED) is 0.581. The fraction of sp³-hybridized carbons (Fsp3) is 0. The van der Waals surface area contributed by atoms with Gasteiger partial charge < -0.3 is 10.1 Å². The maximum atomic E-state index is 13.6. The minimum atomic E-state index is -0.477. The third kappa shape index (κ3) is 2.70. The van der Waals surface area contributed by atoms with Gasteiger partial charge in [0.2, 0.25) is 5.88 Å². The molecule has 1 aromatic heterocycles. The summed E-state index contributed by atoms with van der Waals surface area (Å²) in [5.41, 5.74) is 0.756. The van der Waals surface area contributed by atoms with E-state index in [0.717, 1.165) is 0 Å². The molecule has 0 aliphatic rings. The Morgan fingerprint density at radius 1 is 1.05 bits per heavy atom. The van der Waals surface area contributed by atoms with Gasteiger partial charge in [-0.3, -0.25) is 0 Å². The average molecular weight is 324 g/mol. The van der Waals surface area contributed by atoms with Gasteiger partial charge in [0.15, 0.2) is 5.69 Å². The number of H-pyrrole nitrogens is 1. The van der Waals surface area contributed by atoms with Crippen molar-refractivity contribution in [1.82, 2.24) is 4.98 Å². The molecule has 21 heavy (non-hydrogen) atoms. The van der Waals surface area contributed by atoms with Crippen LogP contribution in [0, 0.1) is 5.82 Å². The number of nitrogens with zero attached hydrogens (tertiary/aromatic N) is 2. The molecule has 0 unspecified atom stereocenters. The van der Waals surface area contributed by atoms with E-state index in [0.29, 0.717) is 21.1 Å². The van der Waals surface area contributed by atoms with Gasteiger partial charge in [-0.05, 0) is 24.3 Å². The van der Waals surface area contributed by atoms with E-state index < -0.39 is 5.82 Å². The highest BCUT2D eigenvalue weighted by molar-refractivity contribution is 6.35. The molecule has 0 radical (unpaired) electrons. The normalized spacial score (nSPS) is 11.6. The predicted octanol–water partition coefficient (Wildman–Crippen LogP) is 5.73. The van der Waals surface area contributed by atoms with Crippen LogP contribution in [0.25, 0.3) is 10.9 Å². The van der Waals surface area contributed by atoms with Crippen molar-refractivity contribution in [2.45, 2.75) is 0 Å². The summed E-state index contributed by atoms with van der Waals surface area (Å²) in [4.78, 5) is 2.53. The Labute approximate surface area is 128 Å². The van der Waals surface area contributed by atoms with Gasteiger partial charge >= 0.3 is 0 Å². The molecule has 0 amide bonds. The van der Waals surface area contributed by atoms with Crippen molar-refractivity contribution in [3.63, 3.8) is 0 Å². The van der Waals surface area contributed by atoms with E-state index in [1.807, 2.05) is 0 Å². The third-order valence-electron chi connectivity index (χ3n) is 2.85. The van der Waals surface area contributed by atoms with Gasteiger partial charge in [-0.2, -0.15) is 5.11 Å². The van der Waals surface area contributed by atoms with E-state index in [1.165, 1.54) is 12.1 Å². The molecule has 3 rings (SSSR count). The van der Waals surface area contributed by atoms with Gasteiger partial charge in [0, 0.05) is 15.4 Å². The third-order valence-corrected chi connectivity index (χ3v) is 3.29. The number of aromatic hydroxyl groups is 1. The molecule has 0 saturated carbocycles. The average Bonchev–Trinajstić information content (AvgIpc) is 2.73. The summed E-state index contributed by atoms with van der Waals surface area (Å²) in [7, 11) is 0. The van der Waals surface area contributed by atoms with Crippen LogP contribution in [0.4, 0.5) is 15.8 Å². The molecule has 0 bridgehead atoms. The van der Waals surface area contributed by atoms with Crippen LogP contribution in [0.1, 0.15) is 0 Å². The van der Waals surface area contributed by atoms with Gasteiger partial charge in [0.25, 0.3) is 0 Å². The number of aromatic amines is 1. The zero-order chi connectivity index (χ0) is 15.0. The van der Waals surface area contributed by atoms with Crippen molar-refractivity contribution >= 4 is 45.5 Å². The van der Waals surface area contributed by atoms with Crippen molar-refractivity contribution in [3.05, 3.63) is 52.3 Å². The number of benzene rings is 2. The number of halogens is 3. The summed E-state index contributed by atoms with van der Waals surface area (Å²) < 4.78 is 13.6. The van der Waals surface area contributed by atoms with Crippen molar-refractivity contribution in [2.75, 3.05) is 0 Å². The van der Waals surface area contributed by atoms with Gasteiger partial charge in [0.05, 0.1) is 11.2 Å². The first-order valence-corrected chi connectivity index (χ1v) is 6.67. The summed E-state index contributed by atoms with van der Waals surface area (Å²) in [6, 6.07) is 9.16. The number of rotatable bonds is 2. The van der Waals surface area contributed by atoms with Crippen LogP contribution in [0.2, 0.25) is 10.0 Å². The molecule has 0 fully saturated rings. The highest BCUT2D eigenvalue weighted by atomic mass is 35.5. The largest absolute Gasteiger partial charge is 0.493 e. The second kappa shape index (κ2) is 5.35. The van der Waals surface area contributed by atoms with E-state index in [9.17, 15) is 9.50 Å². The van der Waals surface area contributed by atoms with Crippen LogP contribution < -0.4 is 0 Å². The van der Waals surface area contributed by atoms with Gasteiger partial charge in [0.1, 0.15) is 5.82 Å². The molecular weight excluding hydrogens is 316 g/mol. The molecule has 106 valence electrons. The molecule has 0 aliphatic heterocycles. The Bertz CT molecular complexity index is 841. The first-order chi connectivity index (χ1) is 10.0. The molecule has 4 nitrogen and oxygen atoms in total. The van der Waals surface area contributed by atoms with Crippen molar-refractivity contribution in [2.24, 2.45) is 10.2 Å². The Hall–Kier alpha value is -2.11. The van der Waals surface area contributed by atoms with E-state index in [4.69, 9.17) is 23.2 Å². The zero-order valence-electron chi connectivity index (χ0n) is 10.4. The fourth-order valence-corrected chi connectivity index (χ4v) is 2.47. The Kier molecular flexibility index (Phi) is 3.53. The lowest BCUT2D eigenvalue weighted by Crippen LogP contribution is -1.74. The van der Waals surface area contributed by atoms with Crippen LogP contribution in [-0.2, 0) is 0 Å². The molecule has 7 heteroatoms. The molecule has 2 N–H and O–H groups in total. The van der Waals surface area contributed by atoms with E-state index in [-0.39, 0.29) is 17.1 Å². The number of nitrogens with one attached hydrogen (secondary N) is 1. The summed E-state index contributed by atoms with van der Waals surface area (Å²) in [6.07, 6.45) is 0. The monoisotopic (exact) mass is 323 g/mol. The predicted molar refractivity (Wildman–Crippen MR) is 80.6 cm³/mol. The maximum Gasteiger partial charge on any atom is 0.218 e. The Morgan fingerprint density at radius 3 is 2.48 bits per heavy atom. The lowest BCUT2D eigenvalue weighted by molar-refractivity contribution is 0.459. The lowest BCUT2D eigenvalue weighted by Gasteiger charge is -1.96. The minimum absolute atomic E-state index is 0.153. The number of fused-ring (bicyclic) bond motifs is 1. The van der Waals surface area contributed by atoms with Crippen molar-refractivity contribution in [3.8, 4) is 5.88 Å². The second-order valence-corrected chi connectivity index (χ2v) is 5.19. The maximum absolute atomic E-state index is 13.6. The standard InChI is InChI=1S/C14H8Cl2FN3O/c15-7-4-8(16)6-9(5-7)19-20-13-10-2-1-3-11(17)12(10)18-14(13)21/h1-6,18,21H. The molecule has 2 aromatic carbocycles. The molecule has 0 saturated heterocycles. The fourth-order valence-electron chi connectivity index (χ4n) is 1.96. The summed E-state index contributed by atoms with van der Waals surface area (Å²) in [5, 5.41) is 19.0. The first kappa shape index (κ1) is 13.9. The van der Waals surface area contributed by atoms with E-state index >= 15 is 0 Å². The summed E-state index contributed by atoms with van der Waals surface area (Å²) >= 11 is 11.7. The highest BCUT2D eigenvalue weighted by Crippen LogP contribution is 2.37. The number of azo groups is 1. The summed E-state index contributed by atoms with van der Waals surface area (Å²) in [6.45, 7) is 0. The Morgan fingerprint density at radius 2 is 1.76 bits per heavy atom. The molecule has 3 aromatic rings. The van der Waals surface area contributed by atoms with Crippen molar-refractivity contribution < 1.29 is 9.50 Å². The number of para-hydroxylation sites is 1. The topological polar surface area (TPSA) is 60.7 Å². The molecule has 0 aliphatic carbocycles. The first-order valence-electron chi connectivity index (χ1n) is 5.91. The van der Waals surface area contributed by atoms with Crippen LogP contribution in [-0.4, -0.2) is 10.1 Å². The molecule has 0 spiro atoms. The summed E-state index contributed by atoms with van der Waals surface area (Å²) in [5.74, 6) is -0.734. The van der Waals surface area contributed by atoms with Crippen molar-refractivity contribution in [1.29, 1.82) is 0 Å². The SMILES string of the molecule is Oc1[nH]c2c(F)cccc2c1N=Nc1cc(Cl)cc(Cl)c1. The van der Waals surface area contributed by atoms with E-state index in [1.54, 1.807) is 24.3 Å². The second-order valence-electron chi connectivity index (χ2n) is 4.31. The highest BCUT2D eigenvalue weighted by Gasteiger charge is 2.13. The number of hydrogen-bond donors (Lipinski definition) is 2. The van der Waals surface area contributed by atoms with E-state index in [2.05, 4.69) is 15.2 Å². The minimum Gasteiger partial charge on any atom is -0.493 e. The van der Waals surface area contributed by atoms with Crippen LogP contribution in [0.15, 0.2) is 46.6 Å². The smallest absolute Gasteiger partial charge is 0.218 e. The van der Waals surface area contributed by atoms with Crippen LogP contribution in [0.5, 0.6) is 5.88 Å². The lowest BCUT2D eigenvalue weighted by atomic mass is 10.2.